The van der Waals surface area contributed by atoms with E-state index in [0.29, 0.717) is 5.56 Å². The quantitative estimate of drug-likeness (QED) is 0.875. The highest BCUT2D eigenvalue weighted by molar-refractivity contribution is 7.91. The fourth-order valence-electron chi connectivity index (χ4n) is 1.71. The molecular weight excluding hydrogens is 314 g/mol. The van der Waals surface area contributed by atoms with Crippen molar-refractivity contribution < 1.29 is 23.4 Å². The molecule has 0 fully saturated rings. The second-order valence-corrected chi connectivity index (χ2v) is 7.57. The van der Waals surface area contributed by atoms with Crippen LogP contribution in [0.5, 0.6) is 5.75 Å². The third-order valence-corrected chi connectivity index (χ3v) is 6.02. The molecule has 0 aliphatic rings. The Bertz CT molecular complexity index is 766. The van der Waals surface area contributed by atoms with Gasteiger partial charge in [-0.05, 0) is 23.8 Å². The van der Waals surface area contributed by atoms with Gasteiger partial charge in [-0.15, -0.1) is 11.3 Å². The minimum absolute atomic E-state index is 0.0254. The number of carboxylic acid groups (broad SMARTS) is 1. The van der Waals surface area contributed by atoms with E-state index >= 15 is 0 Å². The van der Waals surface area contributed by atoms with Crippen molar-refractivity contribution in [2.75, 3.05) is 7.05 Å². The van der Waals surface area contributed by atoms with Gasteiger partial charge in [0, 0.05) is 19.0 Å². The molecule has 0 atom stereocenters. The summed E-state index contributed by atoms with van der Waals surface area (Å²) in [6.45, 7) is 0.0804. The first-order valence-corrected chi connectivity index (χ1v) is 8.19. The van der Waals surface area contributed by atoms with Crippen LogP contribution in [0, 0.1) is 0 Å². The smallest absolute Gasteiger partial charge is 0.336 e. The van der Waals surface area contributed by atoms with Gasteiger partial charge >= 0.3 is 5.97 Å². The monoisotopic (exact) mass is 327 g/mol. The number of benzene rings is 1. The van der Waals surface area contributed by atoms with E-state index in [1.807, 2.05) is 0 Å². The standard InChI is InChI=1S/C13H13NO5S2/c1-14(7-9-3-2-4-11(15)5-9)21(18,19)12-6-10(8-20-12)13(16)17/h2-6,8,15H,7H2,1H3,(H,16,17). The maximum atomic E-state index is 12.3. The predicted molar refractivity (Wildman–Crippen MR) is 78.0 cm³/mol. The van der Waals surface area contributed by atoms with E-state index in [0.717, 1.165) is 21.7 Å². The third-order valence-electron chi connectivity index (χ3n) is 2.80. The third kappa shape index (κ3) is 3.41. The Kier molecular flexibility index (Phi) is 4.31. The zero-order valence-electron chi connectivity index (χ0n) is 11.1. The van der Waals surface area contributed by atoms with Crippen LogP contribution < -0.4 is 0 Å². The number of hydrogen-bond acceptors (Lipinski definition) is 5. The summed E-state index contributed by atoms with van der Waals surface area (Å²) in [7, 11) is -2.35. The van der Waals surface area contributed by atoms with Gasteiger partial charge in [0.2, 0.25) is 0 Å². The lowest BCUT2D eigenvalue weighted by Crippen LogP contribution is -2.25. The number of hydrogen-bond donors (Lipinski definition) is 2. The lowest BCUT2D eigenvalue weighted by Gasteiger charge is -2.16. The van der Waals surface area contributed by atoms with E-state index in [1.165, 1.54) is 24.6 Å². The Hall–Kier alpha value is -1.90. The average Bonchev–Trinajstić information content (AvgIpc) is 2.89. The summed E-state index contributed by atoms with van der Waals surface area (Å²) in [6.07, 6.45) is 0. The van der Waals surface area contributed by atoms with Crippen molar-refractivity contribution >= 4 is 27.3 Å². The molecule has 2 N–H and O–H groups in total. The maximum absolute atomic E-state index is 12.3. The first-order valence-electron chi connectivity index (χ1n) is 5.87. The molecular formula is C13H13NO5S2. The van der Waals surface area contributed by atoms with Crippen LogP contribution in [0.1, 0.15) is 15.9 Å². The molecule has 0 unspecified atom stereocenters. The van der Waals surface area contributed by atoms with E-state index in [-0.39, 0.29) is 22.1 Å². The molecule has 2 aromatic rings. The summed E-state index contributed by atoms with van der Waals surface area (Å²) >= 11 is 0.867. The Labute approximate surface area is 125 Å². The first kappa shape index (κ1) is 15.5. The van der Waals surface area contributed by atoms with Crippen LogP contribution in [0.2, 0.25) is 0 Å². The Morgan fingerprint density at radius 1 is 1.33 bits per heavy atom. The zero-order valence-corrected chi connectivity index (χ0v) is 12.7. The van der Waals surface area contributed by atoms with Gasteiger partial charge in [0.1, 0.15) is 9.96 Å². The van der Waals surface area contributed by atoms with Crippen molar-refractivity contribution in [2.45, 2.75) is 10.8 Å². The highest BCUT2D eigenvalue weighted by atomic mass is 32.2. The molecule has 0 amide bonds. The molecule has 0 bridgehead atoms. The number of nitrogens with zero attached hydrogens (tertiary/aromatic N) is 1. The zero-order chi connectivity index (χ0) is 15.6. The van der Waals surface area contributed by atoms with Gasteiger partial charge in [0.15, 0.2) is 0 Å². The average molecular weight is 327 g/mol. The minimum atomic E-state index is -3.76. The highest BCUT2D eigenvalue weighted by Crippen LogP contribution is 2.24. The minimum Gasteiger partial charge on any atom is -0.508 e. The second-order valence-electron chi connectivity index (χ2n) is 4.39. The molecule has 0 spiro atoms. The molecule has 1 aromatic heterocycles. The van der Waals surface area contributed by atoms with E-state index in [9.17, 15) is 18.3 Å². The van der Waals surface area contributed by atoms with Gasteiger partial charge in [-0.1, -0.05) is 12.1 Å². The molecule has 6 nitrogen and oxygen atoms in total. The number of phenolic OH excluding ortho intramolecular Hbond substituents is 1. The van der Waals surface area contributed by atoms with Crippen molar-refractivity contribution in [2.24, 2.45) is 0 Å². The van der Waals surface area contributed by atoms with Crippen molar-refractivity contribution in [1.82, 2.24) is 4.31 Å². The summed E-state index contributed by atoms with van der Waals surface area (Å²) in [6, 6.07) is 7.43. The number of sulfonamides is 1. The van der Waals surface area contributed by atoms with Crippen LogP contribution in [-0.4, -0.2) is 36.0 Å². The summed E-state index contributed by atoms with van der Waals surface area (Å²) in [5.41, 5.74) is 0.584. The number of aromatic hydroxyl groups is 1. The van der Waals surface area contributed by atoms with Crippen molar-refractivity contribution in [3.8, 4) is 5.75 Å². The van der Waals surface area contributed by atoms with Crippen LogP contribution in [0.15, 0.2) is 39.9 Å². The summed E-state index contributed by atoms with van der Waals surface area (Å²) in [4.78, 5) is 10.8. The Morgan fingerprint density at radius 2 is 2.05 bits per heavy atom. The van der Waals surface area contributed by atoms with E-state index in [4.69, 9.17) is 5.11 Å². The van der Waals surface area contributed by atoms with E-state index in [1.54, 1.807) is 12.1 Å². The molecule has 21 heavy (non-hydrogen) atoms. The lowest BCUT2D eigenvalue weighted by atomic mass is 10.2. The second kappa shape index (κ2) is 5.84. The SMILES string of the molecule is CN(Cc1cccc(O)c1)S(=O)(=O)c1cc(C(=O)O)cs1. The normalized spacial score (nSPS) is 11.7. The summed E-state index contributed by atoms with van der Waals surface area (Å²) in [5, 5.41) is 19.5. The topological polar surface area (TPSA) is 94.9 Å². The number of carbonyl (C=O) groups is 1. The predicted octanol–water partition coefficient (Wildman–Crippen LogP) is 1.97. The molecule has 2 rings (SSSR count). The van der Waals surface area contributed by atoms with Gasteiger partial charge in [-0.2, -0.15) is 4.31 Å². The highest BCUT2D eigenvalue weighted by Gasteiger charge is 2.24. The number of carboxylic acids is 1. The van der Waals surface area contributed by atoms with Crippen LogP contribution in [0.3, 0.4) is 0 Å². The Morgan fingerprint density at radius 3 is 2.62 bits per heavy atom. The van der Waals surface area contributed by atoms with Crippen molar-refractivity contribution in [3.63, 3.8) is 0 Å². The van der Waals surface area contributed by atoms with Crippen LogP contribution >= 0.6 is 11.3 Å². The molecule has 0 aliphatic heterocycles. The van der Waals surface area contributed by atoms with Gasteiger partial charge in [-0.3, -0.25) is 0 Å². The summed E-state index contributed by atoms with van der Waals surface area (Å²) in [5.74, 6) is -1.11. The molecule has 0 saturated heterocycles. The van der Waals surface area contributed by atoms with Gasteiger partial charge in [0.05, 0.1) is 5.56 Å². The number of thiophene rings is 1. The number of phenols is 1. The lowest BCUT2D eigenvalue weighted by molar-refractivity contribution is 0.0697. The van der Waals surface area contributed by atoms with Gasteiger partial charge in [0.25, 0.3) is 10.0 Å². The maximum Gasteiger partial charge on any atom is 0.336 e. The molecule has 112 valence electrons. The fraction of sp³-hybridized carbons (Fsp3) is 0.154. The number of aromatic carboxylic acids is 1. The molecule has 1 heterocycles. The van der Waals surface area contributed by atoms with Crippen molar-refractivity contribution in [1.29, 1.82) is 0 Å². The molecule has 8 heteroatoms. The number of rotatable bonds is 5. The molecule has 0 radical (unpaired) electrons. The summed E-state index contributed by atoms with van der Waals surface area (Å²) < 4.78 is 25.8. The van der Waals surface area contributed by atoms with E-state index in [2.05, 4.69) is 0 Å². The Balaban J connectivity index is 2.23. The van der Waals surface area contributed by atoms with Gasteiger partial charge < -0.3 is 10.2 Å². The van der Waals surface area contributed by atoms with Crippen LogP contribution in [0.4, 0.5) is 0 Å². The van der Waals surface area contributed by atoms with Crippen LogP contribution in [-0.2, 0) is 16.6 Å². The van der Waals surface area contributed by atoms with Crippen LogP contribution in [0.25, 0.3) is 0 Å². The molecule has 0 saturated carbocycles. The van der Waals surface area contributed by atoms with Gasteiger partial charge in [-0.25, -0.2) is 13.2 Å². The molecule has 0 aliphatic carbocycles. The largest absolute Gasteiger partial charge is 0.508 e. The molecule has 1 aromatic carbocycles. The van der Waals surface area contributed by atoms with Crippen molar-refractivity contribution in [3.05, 3.63) is 46.8 Å². The first-order chi connectivity index (χ1) is 9.80. The fourth-order valence-corrected chi connectivity index (χ4v) is 4.24. The van der Waals surface area contributed by atoms with E-state index < -0.39 is 16.0 Å².